The zero-order chi connectivity index (χ0) is 13.4. The smallest absolute Gasteiger partial charge is 0.174 e. The van der Waals surface area contributed by atoms with Crippen LogP contribution < -0.4 is 16.3 Å². The van der Waals surface area contributed by atoms with E-state index in [1.54, 1.807) is 14.1 Å². The summed E-state index contributed by atoms with van der Waals surface area (Å²) in [6, 6.07) is 0. The molecule has 0 aromatic rings. The summed E-state index contributed by atoms with van der Waals surface area (Å²) in [5, 5.41) is 5.20. The molecule has 0 radical (unpaired) electrons. The molecule has 3 aliphatic rings. The Labute approximate surface area is 112 Å². The molecule has 18 heavy (non-hydrogen) atoms. The molecule has 2 bridgehead atoms. The highest BCUT2D eigenvalue weighted by Crippen LogP contribution is 2.66. The van der Waals surface area contributed by atoms with Crippen molar-refractivity contribution < 1.29 is 8.42 Å². The zero-order valence-corrected chi connectivity index (χ0v) is 12.5. The van der Waals surface area contributed by atoms with Gasteiger partial charge >= 0.3 is 0 Å². The fourth-order valence-electron chi connectivity index (χ4n) is 2.55. The van der Waals surface area contributed by atoms with E-state index in [4.69, 9.17) is 0 Å². The van der Waals surface area contributed by atoms with Gasteiger partial charge in [-0.1, -0.05) is 11.8 Å². The Morgan fingerprint density at radius 2 is 2.00 bits per heavy atom. The van der Waals surface area contributed by atoms with Gasteiger partial charge in [-0.2, -0.15) is 5.10 Å². The molecule has 0 heterocycles. The predicted octanol–water partition coefficient (Wildman–Crippen LogP) is 0.105. The molecule has 8 heteroatoms. The van der Waals surface area contributed by atoms with Crippen molar-refractivity contribution in [3.63, 3.8) is 0 Å². The van der Waals surface area contributed by atoms with Crippen LogP contribution in [0.4, 0.5) is 0 Å². The quantitative estimate of drug-likeness (QED) is 0.279. The molecular weight excluding hydrogens is 272 g/mol. The summed E-state index contributed by atoms with van der Waals surface area (Å²) in [6.45, 7) is 0. The number of hydrazone groups is 1. The summed E-state index contributed by atoms with van der Waals surface area (Å²) >= 11 is 1.29. The lowest BCUT2D eigenvalue weighted by atomic mass is 9.45. The number of rotatable bonds is 6. The number of sulfone groups is 1. The van der Waals surface area contributed by atoms with E-state index < -0.39 is 14.5 Å². The second-order valence-corrected chi connectivity index (χ2v) is 8.60. The van der Waals surface area contributed by atoms with Crippen LogP contribution in [0.15, 0.2) is 5.10 Å². The van der Waals surface area contributed by atoms with Crippen molar-refractivity contribution in [1.82, 2.24) is 16.3 Å². The minimum absolute atomic E-state index is 0.150. The monoisotopic (exact) mass is 292 g/mol. The van der Waals surface area contributed by atoms with E-state index in [-0.39, 0.29) is 5.41 Å². The van der Waals surface area contributed by atoms with Crippen LogP contribution in [-0.2, 0) is 9.84 Å². The molecule has 3 fully saturated rings. The Bertz CT molecular complexity index is 432. The highest BCUT2D eigenvalue weighted by atomic mass is 32.3. The van der Waals surface area contributed by atoms with Crippen molar-refractivity contribution in [2.75, 3.05) is 20.4 Å². The zero-order valence-electron chi connectivity index (χ0n) is 10.9. The summed E-state index contributed by atoms with van der Waals surface area (Å²) in [5.74, 6) is 0.835. The topological polar surface area (TPSA) is 82.6 Å². The van der Waals surface area contributed by atoms with Gasteiger partial charge in [0.1, 0.15) is 5.04 Å². The van der Waals surface area contributed by atoms with Crippen LogP contribution in [0.5, 0.6) is 0 Å². The molecule has 1 unspecified atom stereocenters. The van der Waals surface area contributed by atoms with Gasteiger partial charge in [0.25, 0.3) is 0 Å². The lowest BCUT2D eigenvalue weighted by molar-refractivity contribution is -0.0378. The van der Waals surface area contributed by atoms with E-state index in [0.717, 1.165) is 30.2 Å². The average Bonchev–Trinajstić information content (AvgIpc) is 2.10. The molecule has 104 valence electrons. The standard InChI is InChI=1S/C10H20N4O2S2/c1-11-13-8(10-4-7(5-10)6-10)17-9(14-12-2)18(3,15)16/h7,9,11-12,14H,4-6H2,1-3H3/b13-8-. The molecular formula is C10H20N4O2S2. The van der Waals surface area contributed by atoms with E-state index in [2.05, 4.69) is 21.4 Å². The molecule has 3 aliphatic carbocycles. The molecule has 0 aromatic heterocycles. The Morgan fingerprint density at radius 3 is 2.33 bits per heavy atom. The maximum absolute atomic E-state index is 11.7. The first-order valence-electron chi connectivity index (χ1n) is 5.94. The third-order valence-electron chi connectivity index (χ3n) is 3.57. The third-order valence-corrected chi connectivity index (χ3v) is 6.89. The molecule has 0 spiro atoms. The van der Waals surface area contributed by atoms with Crippen LogP contribution >= 0.6 is 11.8 Å². The van der Waals surface area contributed by atoms with Crippen molar-refractivity contribution in [1.29, 1.82) is 0 Å². The third kappa shape index (κ3) is 2.52. The van der Waals surface area contributed by atoms with E-state index >= 15 is 0 Å². The van der Waals surface area contributed by atoms with Gasteiger partial charge in [0.2, 0.25) is 0 Å². The van der Waals surface area contributed by atoms with Gasteiger partial charge in [0, 0.05) is 18.7 Å². The average molecular weight is 292 g/mol. The maximum atomic E-state index is 11.7. The number of nitrogens with zero attached hydrogens (tertiary/aromatic N) is 1. The fraction of sp³-hybridized carbons (Fsp3) is 0.900. The highest BCUT2D eigenvalue weighted by molar-refractivity contribution is 8.22. The number of thioether (sulfide) groups is 1. The van der Waals surface area contributed by atoms with Gasteiger partial charge in [0.15, 0.2) is 14.5 Å². The molecule has 0 aliphatic heterocycles. The number of hydrazine groups is 1. The molecule has 0 amide bonds. The molecule has 3 saturated carbocycles. The van der Waals surface area contributed by atoms with Crippen LogP contribution in [0, 0.1) is 11.3 Å². The normalized spacial score (nSPS) is 32.4. The first kappa shape index (κ1) is 14.1. The molecule has 3 rings (SSSR count). The van der Waals surface area contributed by atoms with E-state index in [0.29, 0.717) is 0 Å². The molecule has 1 atom stereocenters. The first-order valence-corrected chi connectivity index (χ1v) is 8.77. The Balaban J connectivity index is 2.10. The van der Waals surface area contributed by atoms with E-state index in [1.807, 2.05) is 0 Å². The maximum Gasteiger partial charge on any atom is 0.174 e. The Kier molecular flexibility index (Phi) is 3.91. The van der Waals surface area contributed by atoms with Crippen LogP contribution in [0.25, 0.3) is 0 Å². The number of hydrogen-bond donors (Lipinski definition) is 3. The van der Waals surface area contributed by atoms with Crippen LogP contribution in [0.3, 0.4) is 0 Å². The van der Waals surface area contributed by atoms with Crippen molar-refractivity contribution in [3.8, 4) is 0 Å². The number of nitrogens with one attached hydrogen (secondary N) is 3. The van der Waals surface area contributed by atoms with Gasteiger partial charge in [0.05, 0.1) is 0 Å². The second-order valence-electron chi connectivity index (χ2n) is 5.07. The van der Waals surface area contributed by atoms with E-state index in [1.165, 1.54) is 18.0 Å². The minimum Gasteiger partial charge on any atom is -0.312 e. The first-order chi connectivity index (χ1) is 8.41. The summed E-state index contributed by atoms with van der Waals surface area (Å²) in [7, 11) is 0.218. The van der Waals surface area contributed by atoms with Crippen molar-refractivity contribution in [3.05, 3.63) is 0 Å². The molecule has 6 nitrogen and oxygen atoms in total. The Morgan fingerprint density at radius 1 is 1.39 bits per heavy atom. The largest absolute Gasteiger partial charge is 0.312 e. The van der Waals surface area contributed by atoms with Crippen LogP contribution in [0.1, 0.15) is 19.3 Å². The minimum atomic E-state index is -3.19. The lowest BCUT2D eigenvalue weighted by Crippen LogP contribution is -2.57. The second kappa shape index (κ2) is 4.99. The van der Waals surface area contributed by atoms with Crippen molar-refractivity contribution >= 4 is 26.6 Å². The van der Waals surface area contributed by atoms with Crippen molar-refractivity contribution in [2.45, 2.75) is 24.0 Å². The van der Waals surface area contributed by atoms with Gasteiger partial charge in [-0.25, -0.2) is 13.8 Å². The van der Waals surface area contributed by atoms with Gasteiger partial charge in [-0.15, -0.1) is 0 Å². The summed E-state index contributed by atoms with van der Waals surface area (Å²) < 4.78 is 22.7. The van der Waals surface area contributed by atoms with Crippen LogP contribution in [0.2, 0.25) is 0 Å². The summed E-state index contributed by atoms with van der Waals surface area (Å²) in [4.78, 5) is 0. The number of hydrogen-bond acceptors (Lipinski definition) is 7. The van der Waals surface area contributed by atoms with Gasteiger partial charge in [-0.3, -0.25) is 5.43 Å². The summed E-state index contributed by atoms with van der Waals surface area (Å²) in [5.41, 5.74) is 8.40. The molecule has 0 aromatic carbocycles. The highest BCUT2D eigenvalue weighted by Gasteiger charge is 2.60. The Hall–Kier alpha value is -0.310. The lowest BCUT2D eigenvalue weighted by Gasteiger charge is -2.61. The predicted molar refractivity (Wildman–Crippen MR) is 74.7 cm³/mol. The van der Waals surface area contributed by atoms with Crippen LogP contribution in [-0.4, -0.2) is 38.5 Å². The van der Waals surface area contributed by atoms with Crippen molar-refractivity contribution in [2.24, 2.45) is 16.4 Å². The fourth-order valence-corrected chi connectivity index (χ4v) is 4.88. The SMILES string of the molecule is CN/N=C(\SC(NNC)S(C)(=O)=O)C12CC(C1)C2. The van der Waals surface area contributed by atoms with Gasteiger partial charge in [-0.05, 0) is 32.2 Å². The molecule has 3 N–H and O–H groups in total. The summed E-state index contributed by atoms with van der Waals surface area (Å²) in [6.07, 6.45) is 4.68. The molecule has 0 saturated heterocycles. The van der Waals surface area contributed by atoms with E-state index in [9.17, 15) is 8.42 Å². The van der Waals surface area contributed by atoms with Gasteiger partial charge < -0.3 is 5.43 Å².